The van der Waals surface area contributed by atoms with Crippen LogP contribution in [0.1, 0.15) is 124 Å². The predicted molar refractivity (Wildman–Crippen MR) is 221 cm³/mol. The molecular formula is C44H66N4O10. The zero-order valence-electron chi connectivity index (χ0n) is 35.3. The number of carbonyl (C=O) groups excluding carboxylic acids is 6. The van der Waals surface area contributed by atoms with Crippen molar-refractivity contribution in [2.45, 2.75) is 148 Å². The lowest BCUT2D eigenvalue weighted by Crippen LogP contribution is -2.49. The van der Waals surface area contributed by atoms with E-state index in [9.17, 15) is 28.8 Å². The van der Waals surface area contributed by atoms with Gasteiger partial charge in [-0.2, -0.15) is 0 Å². The zero-order chi connectivity index (χ0) is 42.8. The number of para-hydroxylation sites is 1. The number of unbranched alkanes of at least 4 members (excludes halogenated alkanes) is 9. The van der Waals surface area contributed by atoms with Gasteiger partial charge in [-0.05, 0) is 72.1 Å². The Morgan fingerprint density at radius 1 is 0.552 bits per heavy atom. The molecule has 4 amide bonds. The van der Waals surface area contributed by atoms with Crippen LogP contribution in [-0.4, -0.2) is 78.7 Å². The highest BCUT2D eigenvalue weighted by atomic mass is 16.6. The average molecular weight is 811 g/mol. The third kappa shape index (κ3) is 24.5. The van der Waals surface area contributed by atoms with E-state index in [-0.39, 0.29) is 26.1 Å². The largest absolute Gasteiger partial charge is 0.484 e. The van der Waals surface area contributed by atoms with Gasteiger partial charge in [0.1, 0.15) is 35.6 Å². The Labute approximate surface area is 344 Å². The van der Waals surface area contributed by atoms with E-state index in [1.165, 1.54) is 0 Å². The molecule has 2 atom stereocenters. The summed E-state index contributed by atoms with van der Waals surface area (Å²) in [6.45, 7) is 11.0. The van der Waals surface area contributed by atoms with Crippen LogP contribution in [0.25, 0.3) is 0 Å². The molecule has 0 fully saturated rings. The van der Waals surface area contributed by atoms with Gasteiger partial charge in [0.2, 0.25) is 11.8 Å². The summed E-state index contributed by atoms with van der Waals surface area (Å²) < 4.78 is 21.5. The van der Waals surface area contributed by atoms with Crippen LogP contribution in [0.5, 0.6) is 5.75 Å². The topological polar surface area (TPSA) is 187 Å². The second-order valence-corrected chi connectivity index (χ2v) is 16.2. The van der Waals surface area contributed by atoms with Crippen LogP contribution in [0.2, 0.25) is 0 Å². The predicted octanol–water partition coefficient (Wildman–Crippen LogP) is 6.44. The average Bonchev–Trinajstić information content (AvgIpc) is 3.15. The summed E-state index contributed by atoms with van der Waals surface area (Å²) in [6.07, 6.45) is 8.35. The molecule has 14 nitrogen and oxygen atoms in total. The van der Waals surface area contributed by atoms with Crippen molar-refractivity contribution in [2.75, 3.05) is 19.7 Å². The zero-order valence-corrected chi connectivity index (χ0v) is 35.3. The van der Waals surface area contributed by atoms with E-state index in [2.05, 4.69) is 21.3 Å². The number of nitrogens with one attached hydrogen (secondary N) is 4. The molecule has 0 spiro atoms. The fraction of sp³-hybridized carbons (Fsp3) is 0.591. The number of rotatable bonds is 26. The van der Waals surface area contributed by atoms with Gasteiger partial charge in [-0.1, -0.05) is 99.9 Å². The summed E-state index contributed by atoms with van der Waals surface area (Å²) in [5, 5.41) is 10.8. The van der Waals surface area contributed by atoms with E-state index < -0.39 is 59.0 Å². The molecule has 322 valence electrons. The Bertz CT molecular complexity index is 1430. The second kappa shape index (κ2) is 26.7. The summed E-state index contributed by atoms with van der Waals surface area (Å²) in [7, 11) is 0. The number of esters is 2. The van der Waals surface area contributed by atoms with Gasteiger partial charge >= 0.3 is 18.0 Å². The standard InChI is InChI=1S/C44H66N4O10/c1-43(2,3)57-38(50)29-35(47-37(49)32-55-34-25-19-16-20-26-34)40(52)45-27-21-13-11-9-7-8-10-12-14-22-28-46-41(53)36(30-39(51)58-44(4,5)6)48-42(54)56-31-33-23-17-15-18-24-33/h15-20,23-26,35-36H,7-14,21-22,27-32H2,1-6H3,(H,45,52)(H,46,53)(H,47,49)(H,48,54)/t35-,36-/m0/s1. The number of ether oxygens (including phenoxy) is 4. The summed E-state index contributed by atoms with van der Waals surface area (Å²) in [6, 6.07) is 15.8. The molecule has 2 aromatic carbocycles. The van der Waals surface area contributed by atoms with E-state index in [0.717, 1.165) is 69.8 Å². The number of alkyl carbamates (subject to hydrolysis) is 1. The molecule has 0 saturated carbocycles. The molecule has 0 radical (unpaired) electrons. The van der Waals surface area contributed by atoms with Crippen molar-refractivity contribution < 1.29 is 47.7 Å². The van der Waals surface area contributed by atoms with Crippen molar-refractivity contribution in [3.63, 3.8) is 0 Å². The summed E-state index contributed by atoms with van der Waals surface area (Å²) in [4.78, 5) is 75.9. The summed E-state index contributed by atoms with van der Waals surface area (Å²) in [5.41, 5.74) is -0.661. The fourth-order valence-corrected chi connectivity index (χ4v) is 5.66. The second-order valence-electron chi connectivity index (χ2n) is 16.2. The van der Waals surface area contributed by atoms with Gasteiger partial charge < -0.3 is 40.2 Å². The number of amides is 4. The van der Waals surface area contributed by atoms with E-state index in [1.54, 1.807) is 65.8 Å². The minimum atomic E-state index is -1.13. The number of carbonyl (C=O) groups is 6. The Hall–Kier alpha value is -5.14. The molecule has 14 heteroatoms. The van der Waals surface area contributed by atoms with Crippen LogP contribution in [-0.2, 0) is 44.8 Å². The van der Waals surface area contributed by atoms with Crippen LogP contribution in [0.4, 0.5) is 4.79 Å². The Morgan fingerprint density at radius 2 is 0.966 bits per heavy atom. The van der Waals surface area contributed by atoms with Gasteiger partial charge in [0, 0.05) is 13.1 Å². The molecule has 2 rings (SSSR count). The van der Waals surface area contributed by atoms with Gasteiger partial charge in [0.25, 0.3) is 5.91 Å². The maximum Gasteiger partial charge on any atom is 0.408 e. The SMILES string of the molecule is CC(C)(C)OC(=O)C[C@H](NC(=O)COc1ccccc1)C(=O)NCCCCCCCCCCCCNC(=O)[C@H](CC(=O)OC(C)(C)C)NC(=O)OCc1ccccc1. The Morgan fingerprint density at radius 3 is 1.41 bits per heavy atom. The Balaban J connectivity index is 1.61. The quantitative estimate of drug-likeness (QED) is 0.0468. The van der Waals surface area contributed by atoms with Gasteiger partial charge in [0.15, 0.2) is 6.61 Å². The van der Waals surface area contributed by atoms with E-state index >= 15 is 0 Å². The highest BCUT2D eigenvalue weighted by Gasteiger charge is 2.28. The number of hydrogen-bond donors (Lipinski definition) is 4. The summed E-state index contributed by atoms with van der Waals surface area (Å²) >= 11 is 0. The minimum Gasteiger partial charge on any atom is -0.484 e. The van der Waals surface area contributed by atoms with Crippen molar-refractivity contribution in [1.82, 2.24) is 21.3 Å². The maximum absolute atomic E-state index is 13.0. The first-order valence-electron chi connectivity index (χ1n) is 20.4. The maximum atomic E-state index is 13.0. The lowest BCUT2D eigenvalue weighted by molar-refractivity contribution is -0.157. The van der Waals surface area contributed by atoms with E-state index in [1.807, 2.05) is 36.4 Å². The third-order valence-corrected chi connectivity index (χ3v) is 8.37. The van der Waals surface area contributed by atoms with Gasteiger partial charge in [-0.25, -0.2) is 4.79 Å². The van der Waals surface area contributed by atoms with E-state index in [4.69, 9.17) is 18.9 Å². The first-order valence-corrected chi connectivity index (χ1v) is 20.4. The summed E-state index contributed by atoms with van der Waals surface area (Å²) in [5.74, 6) is -2.11. The monoisotopic (exact) mass is 810 g/mol. The van der Waals surface area contributed by atoms with Crippen LogP contribution in [0.3, 0.4) is 0 Å². The molecular weight excluding hydrogens is 745 g/mol. The van der Waals surface area contributed by atoms with E-state index in [0.29, 0.717) is 18.8 Å². The molecule has 0 aromatic heterocycles. The third-order valence-electron chi connectivity index (χ3n) is 8.37. The molecule has 58 heavy (non-hydrogen) atoms. The highest BCUT2D eigenvalue weighted by Crippen LogP contribution is 2.13. The lowest BCUT2D eigenvalue weighted by atomic mass is 10.1. The Kier molecular flexibility index (Phi) is 22.6. The molecule has 0 aliphatic rings. The molecule has 0 unspecified atom stereocenters. The molecule has 0 bridgehead atoms. The normalized spacial score (nSPS) is 12.3. The smallest absolute Gasteiger partial charge is 0.408 e. The van der Waals surface area contributed by atoms with Crippen LogP contribution >= 0.6 is 0 Å². The number of hydrogen-bond acceptors (Lipinski definition) is 10. The highest BCUT2D eigenvalue weighted by molar-refractivity contribution is 5.91. The van der Waals surface area contributed by atoms with Crippen LogP contribution in [0, 0.1) is 0 Å². The fourth-order valence-electron chi connectivity index (χ4n) is 5.66. The molecule has 0 aliphatic heterocycles. The molecule has 4 N–H and O–H groups in total. The number of benzene rings is 2. The molecule has 0 saturated heterocycles. The van der Waals surface area contributed by atoms with Gasteiger partial charge in [0.05, 0.1) is 12.8 Å². The molecule has 0 heterocycles. The molecule has 2 aromatic rings. The van der Waals surface area contributed by atoms with Gasteiger partial charge in [-0.15, -0.1) is 0 Å². The lowest BCUT2D eigenvalue weighted by Gasteiger charge is -2.22. The first kappa shape index (κ1) is 49.0. The van der Waals surface area contributed by atoms with Gasteiger partial charge in [-0.3, -0.25) is 24.0 Å². The van der Waals surface area contributed by atoms with Crippen molar-refractivity contribution >= 4 is 35.8 Å². The van der Waals surface area contributed by atoms with Crippen LogP contribution < -0.4 is 26.0 Å². The van der Waals surface area contributed by atoms with Crippen molar-refractivity contribution in [3.05, 3.63) is 66.2 Å². The first-order chi connectivity index (χ1) is 27.5. The van der Waals surface area contributed by atoms with Crippen molar-refractivity contribution in [2.24, 2.45) is 0 Å². The van der Waals surface area contributed by atoms with Crippen LogP contribution in [0.15, 0.2) is 60.7 Å². The van der Waals surface area contributed by atoms with Crippen molar-refractivity contribution in [3.8, 4) is 5.75 Å². The minimum absolute atomic E-state index is 0.0318. The molecule has 0 aliphatic carbocycles. The van der Waals surface area contributed by atoms with Crippen molar-refractivity contribution in [1.29, 1.82) is 0 Å².